The van der Waals surface area contributed by atoms with Gasteiger partial charge in [0.05, 0.1) is 0 Å². The summed E-state index contributed by atoms with van der Waals surface area (Å²) in [6.45, 7) is 0. The second-order valence-corrected chi connectivity index (χ2v) is 4.91. The van der Waals surface area contributed by atoms with E-state index < -0.39 is 27.2 Å². The fraction of sp³-hybridized carbons (Fsp3) is 0. The standard InChI is InChI=1S/2Cr.H2O2.H2O.5O/c;;1-2;;;;;;/h;;1-2H;1H2;;;;;/q2*+1;;;;;;;/p-2. The molecular weight excluding hydrogens is 232 g/mol. The molecule has 10 heavy (non-hydrogen) atoms. The van der Waals surface area contributed by atoms with Gasteiger partial charge in [-0.3, -0.25) is 0 Å². The summed E-state index contributed by atoms with van der Waals surface area (Å²) >= 11 is -11.5. The average Bonchev–Trinajstić information content (AvgIpc) is 1.60. The fourth-order valence-corrected chi connectivity index (χ4v) is 2.00. The topological polar surface area (TPSA) is 127 Å². The van der Waals surface area contributed by atoms with E-state index in [4.69, 9.17) is 9.42 Å². The van der Waals surface area contributed by atoms with Gasteiger partial charge in [0.2, 0.25) is 0 Å². The Hall–Kier alpha value is 0.105. The molecule has 0 aliphatic heterocycles. The van der Waals surface area contributed by atoms with Crippen LogP contribution in [0.4, 0.5) is 0 Å². The normalized spacial score (nSPS) is 13.4. The number of rotatable bonds is 3. The predicted molar refractivity (Wildman–Crippen MR) is 9.76 cm³/mol. The second kappa shape index (κ2) is 3.01. The summed E-state index contributed by atoms with van der Waals surface area (Å²) in [5.41, 5.74) is 0. The van der Waals surface area contributed by atoms with Crippen molar-refractivity contribution in [2.75, 3.05) is 0 Å². The van der Waals surface area contributed by atoms with Crippen molar-refractivity contribution < 1.29 is 58.6 Å². The summed E-state index contributed by atoms with van der Waals surface area (Å²) in [5, 5.41) is 7.41. The molecule has 0 spiro atoms. The molecule has 0 aromatic carbocycles. The molecule has 0 unspecified atom stereocenters. The minimum absolute atomic E-state index is 2.62. The summed E-state index contributed by atoms with van der Waals surface area (Å²) in [6, 6.07) is 0. The molecule has 0 saturated carbocycles. The molecular formula is H2Cr2O8. The monoisotopic (exact) mass is 234 g/mol. The third-order valence-corrected chi connectivity index (χ3v) is 3.25. The molecule has 0 aromatic rings. The molecule has 0 saturated heterocycles. The average molecular weight is 234 g/mol. The first-order valence-electron chi connectivity index (χ1n) is 1.53. The van der Waals surface area contributed by atoms with Crippen molar-refractivity contribution in [3.63, 3.8) is 0 Å². The Labute approximate surface area is 59.1 Å². The minimum atomic E-state index is -5.82. The number of hydrogen-bond acceptors (Lipinski definition) is 7. The van der Waals surface area contributed by atoms with Crippen LogP contribution >= 0.6 is 0 Å². The Morgan fingerprint density at radius 2 is 1.50 bits per heavy atom. The molecule has 0 rings (SSSR count). The quantitative estimate of drug-likeness (QED) is 0.462. The van der Waals surface area contributed by atoms with Gasteiger partial charge in [0.25, 0.3) is 0 Å². The first-order valence-corrected chi connectivity index (χ1v) is 5.75. The molecule has 0 aliphatic rings. The van der Waals surface area contributed by atoms with Gasteiger partial charge in [-0.15, -0.1) is 0 Å². The van der Waals surface area contributed by atoms with Crippen LogP contribution < -0.4 is 0 Å². The third kappa shape index (κ3) is 4.94. The van der Waals surface area contributed by atoms with E-state index in [2.05, 4.69) is 6.78 Å². The van der Waals surface area contributed by atoms with Gasteiger partial charge in [0.15, 0.2) is 0 Å². The van der Waals surface area contributed by atoms with Gasteiger partial charge < -0.3 is 0 Å². The van der Waals surface area contributed by atoms with Crippen LogP contribution in [0.25, 0.3) is 0 Å². The SMILES string of the molecule is [O]=[Cr](=[O])([OH])[O][Cr](=[O])(=[O])[O]O. The molecule has 62 valence electrons. The van der Waals surface area contributed by atoms with E-state index in [1.165, 1.54) is 0 Å². The Bertz CT molecular complexity index is 275. The summed E-state index contributed by atoms with van der Waals surface area (Å²) in [5.74, 6) is 0. The van der Waals surface area contributed by atoms with Gasteiger partial charge >= 0.3 is 58.6 Å². The molecule has 0 radical (unpaired) electrons. The van der Waals surface area contributed by atoms with Crippen LogP contribution in [-0.4, -0.2) is 9.42 Å². The van der Waals surface area contributed by atoms with Crippen LogP contribution in [0.2, 0.25) is 0 Å². The van der Waals surface area contributed by atoms with Gasteiger partial charge in [0.1, 0.15) is 0 Å². The molecule has 0 aromatic heterocycles. The Morgan fingerprint density at radius 1 is 1.10 bits per heavy atom. The predicted octanol–water partition coefficient (Wildman–Crippen LogP) is -1.17. The van der Waals surface area contributed by atoms with Gasteiger partial charge in [-0.05, 0) is 0 Å². The zero-order chi connectivity index (χ0) is 8.41. The molecule has 8 nitrogen and oxygen atoms in total. The van der Waals surface area contributed by atoms with E-state index in [0.717, 1.165) is 0 Å². The molecule has 0 fully saturated rings. The van der Waals surface area contributed by atoms with Crippen LogP contribution in [-0.2, 0) is 49.2 Å². The zero-order valence-electron chi connectivity index (χ0n) is 4.16. The van der Waals surface area contributed by atoms with Crippen molar-refractivity contribution in [2.24, 2.45) is 0 Å². The van der Waals surface area contributed by atoms with Crippen LogP contribution in [0.1, 0.15) is 0 Å². The van der Waals surface area contributed by atoms with Crippen molar-refractivity contribution in [3.8, 4) is 0 Å². The van der Waals surface area contributed by atoms with Crippen molar-refractivity contribution >= 4 is 0 Å². The molecule has 2 N–H and O–H groups in total. The molecule has 0 heterocycles. The summed E-state index contributed by atoms with van der Waals surface area (Å²) < 4.78 is 52.4. The summed E-state index contributed by atoms with van der Waals surface area (Å²) in [7, 11) is 0. The molecule has 0 bridgehead atoms. The van der Waals surface area contributed by atoms with Crippen LogP contribution in [0.3, 0.4) is 0 Å². The first kappa shape index (κ1) is 10.1. The Kier molecular flexibility index (Phi) is 3.04. The molecule has 0 aliphatic carbocycles. The van der Waals surface area contributed by atoms with E-state index in [1.807, 2.05) is 0 Å². The molecule has 10 heteroatoms. The van der Waals surface area contributed by atoms with E-state index in [-0.39, 0.29) is 0 Å². The van der Waals surface area contributed by atoms with Gasteiger partial charge in [-0.2, -0.15) is 0 Å². The van der Waals surface area contributed by atoms with Gasteiger partial charge in [-0.25, -0.2) is 0 Å². The third-order valence-electron chi connectivity index (χ3n) is 0.261. The second-order valence-electron chi connectivity index (χ2n) is 0.979. The summed E-state index contributed by atoms with van der Waals surface area (Å²) in [6.07, 6.45) is 0. The van der Waals surface area contributed by atoms with Crippen LogP contribution in [0.5, 0.6) is 0 Å². The Morgan fingerprint density at radius 3 is 1.60 bits per heavy atom. The van der Waals surface area contributed by atoms with Gasteiger partial charge in [0, 0.05) is 0 Å². The Balaban J connectivity index is 4.49. The van der Waals surface area contributed by atoms with Crippen molar-refractivity contribution in [1.82, 2.24) is 0 Å². The molecule has 0 atom stereocenters. The van der Waals surface area contributed by atoms with E-state index in [9.17, 15) is 15.2 Å². The van der Waals surface area contributed by atoms with Crippen molar-refractivity contribution in [2.45, 2.75) is 0 Å². The zero-order valence-corrected chi connectivity index (χ0v) is 6.71. The van der Waals surface area contributed by atoms with E-state index >= 15 is 0 Å². The van der Waals surface area contributed by atoms with Crippen molar-refractivity contribution in [1.29, 1.82) is 0 Å². The first-order chi connectivity index (χ1) is 4.27. The van der Waals surface area contributed by atoms with Crippen LogP contribution in [0.15, 0.2) is 0 Å². The van der Waals surface area contributed by atoms with Crippen molar-refractivity contribution in [3.05, 3.63) is 0 Å². The molecule has 0 amide bonds. The van der Waals surface area contributed by atoms with E-state index in [0.29, 0.717) is 0 Å². The van der Waals surface area contributed by atoms with Gasteiger partial charge in [-0.1, -0.05) is 0 Å². The fourth-order valence-electron chi connectivity index (χ4n) is 0.118. The maximum atomic E-state index is 9.87. The maximum absolute atomic E-state index is 9.87. The van der Waals surface area contributed by atoms with E-state index in [1.54, 1.807) is 0 Å². The summed E-state index contributed by atoms with van der Waals surface area (Å²) in [4.78, 5) is 0. The number of hydrogen-bond donors (Lipinski definition) is 2. The van der Waals surface area contributed by atoms with Crippen LogP contribution in [0, 0.1) is 0 Å².